The van der Waals surface area contributed by atoms with E-state index in [1.807, 2.05) is 37.3 Å². The molecule has 1 atom stereocenters. The lowest BCUT2D eigenvalue weighted by Crippen LogP contribution is -2.47. The Morgan fingerprint density at radius 1 is 1.25 bits per heavy atom. The summed E-state index contributed by atoms with van der Waals surface area (Å²) in [6.07, 6.45) is 5.42. The van der Waals surface area contributed by atoms with Crippen LogP contribution in [0.4, 0.5) is 0 Å². The number of carbonyl (C=O) groups excluding carboxylic acids is 1. The first-order chi connectivity index (χ1) is 11.5. The van der Waals surface area contributed by atoms with Crippen molar-refractivity contribution >= 4 is 11.5 Å². The van der Waals surface area contributed by atoms with Gasteiger partial charge in [-0.2, -0.15) is 0 Å². The van der Waals surface area contributed by atoms with Crippen LogP contribution in [0.25, 0.3) is 0 Å². The maximum absolute atomic E-state index is 12.5. The van der Waals surface area contributed by atoms with E-state index in [9.17, 15) is 4.79 Å². The van der Waals surface area contributed by atoms with Gasteiger partial charge < -0.3 is 0 Å². The first kappa shape index (κ1) is 16.1. The lowest BCUT2D eigenvalue weighted by Gasteiger charge is -2.42. The fraction of sp³-hybridized carbons (Fsp3) is 0.190. The summed E-state index contributed by atoms with van der Waals surface area (Å²) in [5.74, 6) is 0.0427. The van der Waals surface area contributed by atoms with Crippen molar-refractivity contribution in [1.82, 2.24) is 4.98 Å². The number of hydrogen-bond donors (Lipinski definition) is 0. The molecule has 120 valence electrons. The highest BCUT2D eigenvalue weighted by Gasteiger charge is 2.51. The van der Waals surface area contributed by atoms with E-state index in [1.165, 1.54) is 5.56 Å². The number of aryl methyl sites for hydroxylation is 1. The van der Waals surface area contributed by atoms with Crippen molar-refractivity contribution in [2.24, 2.45) is 4.99 Å². The Hall–Kier alpha value is -2.81. The zero-order chi connectivity index (χ0) is 17.3. The van der Waals surface area contributed by atoms with Crippen molar-refractivity contribution in [1.29, 1.82) is 0 Å². The number of pyridine rings is 1. The van der Waals surface area contributed by atoms with Gasteiger partial charge >= 0.3 is 0 Å². The van der Waals surface area contributed by atoms with Crippen molar-refractivity contribution in [3.63, 3.8) is 0 Å². The molecule has 1 fully saturated rings. The van der Waals surface area contributed by atoms with E-state index in [1.54, 1.807) is 19.4 Å². The molecule has 3 rings (SSSR count). The van der Waals surface area contributed by atoms with Gasteiger partial charge in [0.1, 0.15) is 0 Å². The fourth-order valence-corrected chi connectivity index (χ4v) is 3.10. The minimum Gasteiger partial charge on any atom is -0.293 e. The molecule has 0 radical (unpaired) electrons. The molecule has 1 aromatic carbocycles. The molecule has 1 aromatic heterocycles. The van der Waals surface area contributed by atoms with E-state index in [-0.39, 0.29) is 5.78 Å². The van der Waals surface area contributed by atoms with E-state index in [0.717, 1.165) is 22.4 Å². The molecule has 1 heterocycles. The van der Waals surface area contributed by atoms with Crippen LogP contribution in [0.1, 0.15) is 23.6 Å². The van der Waals surface area contributed by atoms with Crippen LogP contribution in [0.5, 0.6) is 0 Å². The van der Waals surface area contributed by atoms with Crippen molar-refractivity contribution in [2.45, 2.75) is 19.3 Å². The van der Waals surface area contributed by atoms with Gasteiger partial charge in [0.15, 0.2) is 5.78 Å². The van der Waals surface area contributed by atoms with Gasteiger partial charge in [-0.15, -0.1) is 0 Å². The van der Waals surface area contributed by atoms with Crippen LogP contribution in [-0.4, -0.2) is 23.5 Å². The van der Waals surface area contributed by atoms with Crippen LogP contribution < -0.4 is 0 Å². The van der Waals surface area contributed by atoms with Crippen LogP contribution in [0.3, 0.4) is 0 Å². The minimum atomic E-state index is -0.702. The molecule has 3 nitrogen and oxygen atoms in total. The van der Waals surface area contributed by atoms with Crippen molar-refractivity contribution < 1.29 is 4.79 Å². The number of allylic oxidation sites excluding steroid dienone is 3. The first-order valence-electron chi connectivity index (χ1n) is 7.89. The van der Waals surface area contributed by atoms with Crippen LogP contribution in [0.15, 0.2) is 77.6 Å². The molecule has 3 heteroatoms. The fourth-order valence-electron chi connectivity index (χ4n) is 3.10. The van der Waals surface area contributed by atoms with E-state index in [2.05, 4.69) is 35.6 Å². The smallest absolute Gasteiger partial charge is 0.177 e. The molecule has 0 N–H and O–H groups in total. The van der Waals surface area contributed by atoms with Crippen molar-refractivity contribution in [3.05, 3.63) is 89.3 Å². The lowest BCUT2D eigenvalue weighted by atomic mass is 9.58. The summed E-state index contributed by atoms with van der Waals surface area (Å²) >= 11 is 0. The molecular weight excluding hydrogens is 296 g/mol. The zero-order valence-electron chi connectivity index (χ0n) is 14.2. The van der Waals surface area contributed by atoms with Crippen LogP contribution in [-0.2, 0) is 10.2 Å². The number of aromatic nitrogens is 1. The highest BCUT2D eigenvalue weighted by Crippen LogP contribution is 2.47. The summed E-state index contributed by atoms with van der Waals surface area (Å²) in [6, 6.07) is 12.0. The molecule has 0 bridgehead atoms. The first-order valence-corrected chi connectivity index (χ1v) is 7.89. The Morgan fingerprint density at radius 2 is 1.96 bits per heavy atom. The quantitative estimate of drug-likeness (QED) is 0.638. The van der Waals surface area contributed by atoms with Crippen LogP contribution in [0, 0.1) is 6.92 Å². The van der Waals surface area contributed by atoms with Gasteiger partial charge in [-0.25, -0.2) is 0 Å². The number of rotatable bonds is 3. The number of Topliss-reactive ketones (excluding diaryl/α,β-unsaturated/α-hetero) is 1. The van der Waals surface area contributed by atoms with E-state index < -0.39 is 5.41 Å². The normalized spacial score (nSPS) is 22.6. The third-order valence-corrected chi connectivity index (χ3v) is 4.70. The topological polar surface area (TPSA) is 42.3 Å². The lowest BCUT2D eigenvalue weighted by molar-refractivity contribution is -0.121. The molecule has 2 aromatic rings. The third kappa shape index (κ3) is 2.42. The molecule has 0 amide bonds. The molecule has 24 heavy (non-hydrogen) atoms. The standard InChI is InChI=1S/C21H20N2O/c1-14-7-9-16(10-8-14)19(22-4)12-18-15(2)20(24)21(18,3)17-6-5-11-23-13-17/h5-13H,2H2,1,3-4H3/b18-12-,22-19?. The maximum Gasteiger partial charge on any atom is 0.177 e. The molecule has 1 unspecified atom stereocenters. The summed E-state index contributed by atoms with van der Waals surface area (Å²) in [4.78, 5) is 21.1. The van der Waals surface area contributed by atoms with Crippen molar-refractivity contribution in [2.75, 3.05) is 7.05 Å². The Kier molecular flexibility index (Phi) is 4.02. The van der Waals surface area contributed by atoms with E-state index >= 15 is 0 Å². The Balaban J connectivity index is 2.05. The molecule has 0 aliphatic heterocycles. The number of nitrogens with zero attached hydrogens (tertiary/aromatic N) is 2. The number of aliphatic imine (C=N–C) groups is 1. The Bertz CT molecular complexity index is 860. The SMILES string of the molecule is C=C1C(=O)C(C)(c2cccnc2)/C1=C\C(=NC)c1ccc(C)cc1. The second kappa shape index (κ2) is 6.00. The number of benzene rings is 1. The molecule has 1 aliphatic carbocycles. The Labute approximate surface area is 142 Å². The van der Waals surface area contributed by atoms with Crippen molar-refractivity contribution in [3.8, 4) is 0 Å². The van der Waals surface area contributed by atoms with Gasteiger partial charge in [0.25, 0.3) is 0 Å². The summed E-state index contributed by atoms with van der Waals surface area (Å²) in [7, 11) is 1.76. The van der Waals surface area contributed by atoms with E-state index in [0.29, 0.717) is 5.57 Å². The second-order valence-electron chi connectivity index (χ2n) is 6.21. The number of ketones is 1. The van der Waals surface area contributed by atoms with Gasteiger partial charge in [0.05, 0.1) is 11.1 Å². The number of hydrogen-bond acceptors (Lipinski definition) is 3. The monoisotopic (exact) mass is 316 g/mol. The predicted molar refractivity (Wildman–Crippen MR) is 97.5 cm³/mol. The van der Waals surface area contributed by atoms with Crippen LogP contribution in [0.2, 0.25) is 0 Å². The average Bonchev–Trinajstić information content (AvgIpc) is 2.63. The van der Waals surface area contributed by atoms with Gasteiger partial charge in [-0.1, -0.05) is 42.5 Å². The third-order valence-electron chi connectivity index (χ3n) is 4.70. The zero-order valence-corrected chi connectivity index (χ0v) is 14.2. The van der Waals surface area contributed by atoms with Gasteiger partial charge in [-0.05, 0) is 42.7 Å². The number of carbonyl (C=O) groups is 1. The summed E-state index contributed by atoms with van der Waals surface area (Å²) < 4.78 is 0. The molecular formula is C21H20N2O. The maximum atomic E-state index is 12.5. The molecule has 0 saturated heterocycles. The highest BCUT2D eigenvalue weighted by atomic mass is 16.1. The largest absolute Gasteiger partial charge is 0.293 e. The van der Waals surface area contributed by atoms with Gasteiger partial charge in [0.2, 0.25) is 0 Å². The minimum absolute atomic E-state index is 0.0427. The average molecular weight is 316 g/mol. The Morgan fingerprint density at radius 3 is 2.54 bits per heavy atom. The van der Waals surface area contributed by atoms with E-state index in [4.69, 9.17) is 0 Å². The van der Waals surface area contributed by atoms with Crippen LogP contribution >= 0.6 is 0 Å². The predicted octanol–water partition coefficient (Wildman–Crippen LogP) is 3.83. The molecule has 1 aliphatic rings. The molecule has 1 saturated carbocycles. The molecule has 0 spiro atoms. The highest BCUT2D eigenvalue weighted by molar-refractivity contribution is 6.21. The second-order valence-corrected chi connectivity index (χ2v) is 6.21. The van der Waals surface area contributed by atoms with Gasteiger partial charge in [-0.3, -0.25) is 14.8 Å². The summed E-state index contributed by atoms with van der Waals surface area (Å²) in [6.45, 7) is 7.92. The summed E-state index contributed by atoms with van der Waals surface area (Å²) in [5.41, 5.74) is 4.70. The summed E-state index contributed by atoms with van der Waals surface area (Å²) in [5, 5.41) is 0. The van der Waals surface area contributed by atoms with Gasteiger partial charge in [0, 0.05) is 25.0 Å².